The molecule has 1 N–H and O–H groups in total. The monoisotopic (exact) mass is 875 g/mol. The number of carbonyl (C=O) groups excluding carboxylic acids is 4. The van der Waals surface area contributed by atoms with E-state index in [0.717, 1.165) is 35.8 Å². The number of allylic oxidation sites excluding steroid dienone is 2. The van der Waals surface area contributed by atoms with E-state index < -0.39 is 57.0 Å². The average molecular weight is 878 g/mol. The molecule has 3 heterocycles. The predicted molar refractivity (Wildman–Crippen MR) is 199 cm³/mol. The number of morpholine rings is 1. The fourth-order valence-electron chi connectivity index (χ4n) is 8.61. The Hall–Kier alpha value is -3.49. The van der Waals surface area contributed by atoms with E-state index in [2.05, 4.69) is 36.8 Å². The van der Waals surface area contributed by atoms with Crippen LogP contribution in [0.5, 0.6) is 11.5 Å². The Labute approximate surface area is 324 Å². The molecular weight excluding hydrogens is 848 g/mol. The van der Waals surface area contributed by atoms with Crippen LogP contribution in [0, 0.1) is 23.6 Å². The number of ether oxygens (including phenoxy) is 2. The Balaban J connectivity index is 1.25. The van der Waals surface area contributed by atoms with Gasteiger partial charge in [0.1, 0.15) is 5.82 Å². The molecule has 10 nitrogen and oxygen atoms in total. The van der Waals surface area contributed by atoms with Gasteiger partial charge in [-0.2, -0.15) is 0 Å². The molecule has 6 unspecified atom stereocenters. The van der Waals surface area contributed by atoms with Gasteiger partial charge in [-0.15, -0.1) is 23.2 Å². The van der Waals surface area contributed by atoms with Gasteiger partial charge in [0.05, 0.1) is 48.0 Å². The molecule has 5 aliphatic rings. The fraction of sp³-hybridized carbons (Fsp3) is 0.351. The van der Waals surface area contributed by atoms with Crippen molar-refractivity contribution in [1.82, 2.24) is 0 Å². The van der Waals surface area contributed by atoms with Crippen molar-refractivity contribution < 1.29 is 38.1 Å². The highest BCUT2D eigenvalue weighted by Crippen LogP contribution is 2.67. The Morgan fingerprint density at radius 1 is 0.865 bits per heavy atom. The number of nitrogens with zero attached hydrogens (tertiary/aromatic N) is 3. The van der Waals surface area contributed by atoms with Crippen LogP contribution in [0.1, 0.15) is 24.3 Å². The second-order valence-electron chi connectivity index (χ2n) is 13.5. The SMILES string of the molecule is COc1cc(C2C3=CCC4C(=O)N(c5ccc(N6CCOCC6)cc5)C(=O)C4C3CC3(Cl)C(=O)N(c4ccc(F)cc4)C(=O)C23Cl)c(Br)c(Br)c1O. The van der Waals surface area contributed by atoms with Crippen LogP contribution in [0.15, 0.2) is 75.2 Å². The fourth-order valence-corrected chi connectivity index (χ4v) is 10.5. The quantitative estimate of drug-likeness (QED) is 0.172. The molecule has 0 bridgehead atoms. The molecule has 0 radical (unpaired) electrons. The number of imide groups is 2. The van der Waals surface area contributed by atoms with Gasteiger partial charge in [-0.3, -0.25) is 24.1 Å². The number of fused-ring (bicyclic) bond motifs is 4. The highest BCUT2D eigenvalue weighted by molar-refractivity contribution is 9.13. The first-order valence-corrected chi connectivity index (χ1v) is 19.0. The van der Waals surface area contributed by atoms with E-state index in [0.29, 0.717) is 34.5 Å². The summed E-state index contributed by atoms with van der Waals surface area (Å²) in [6, 6.07) is 13.6. The van der Waals surface area contributed by atoms with Gasteiger partial charge in [0.2, 0.25) is 11.8 Å². The van der Waals surface area contributed by atoms with Gasteiger partial charge >= 0.3 is 0 Å². The number of phenols is 1. The van der Waals surface area contributed by atoms with Crippen LogP contribution in [0.3, 0.4) is 0 Å². The number of carbonyl (C=O) groups is 4. The summed E-state index contributed by atoms with van der Waals surface area (Å²) in [6.07, 6.45) is 1.76. The van der Waals surface area contributed by atoms with Crippen LogP contribution < -0.4 is 19.4 Å². The van der Waals surface area contributed by atoms with Crippen molar-refractivity contribution in [3.63, 3.8) is 0 Å². The van der Waals surface area contributed by atoms with Gasteiger partial charge in [0.15, 0.2) is 21.2 Å². The summed E-state index contributed by atoms with van der Waals surface area (Å²) >= 11 is 22.0. The van der Waals surface area contributed by atoms with Crippen LogP contribution in [-0.4, -0.2) is 71.9 Å². The van der Waals surface area contributed by atoms with Crippen molar-refractivity contribution in [3.05, 3.63) is 86.6 Å². The molecule has 2 aliphatic carbocycles. The lowest BCUT2D eigenvalue weighted by Crippen LogP contribution is -2.60. The van der Waals surface area contributed by atoms with Gasteiger partial charge in [-0.05, 0) is 111 Å². The molecule has 8 rings (SSSR count). The van der Waals surface area contributed by atoms with Gasteiger partial charge in [0, 0.05) is 29.2 Å². The molecule has 3 aromatic rings. The lowest BCUT2D eigenvalue weighted by atomic mass is 9.56. The first-order valence-electron chi connectivity index (χ1n) is 16.6. The Morgan fingerprint density at radius 2 is 1.48 bits per heavy atom. The number of benzene rings is 3. The molecule has 0 spiro atoms. The summed E-state index contributed by atoms with van der Waals surface area (Å²) in [5.41, 5.74) is 2.35. The zero-order chi connectivity index (χ0) is 36.9. The summed E-state index contributed by atoms with van der Waals surface area (Å²) in [7, 11) is 1.36. The molecule has 3 saturated heterocycles. The van der Waals surface area contributed by atoms with Crippen molar-refractivity contribution >= 4 is 95.8 Å². The molecule has 1 saturated carbocycles. The maximum absolute atomic E-state index is 14.7. The van der Waals surface area contributed by atoms with E-state index in [1.165, 1.54) is 30.2 Å². The van der Waals surface area contributed by atoms with Crippen LogP contribution in [-0.2, 0) is 23.9 Å². The number of alkyl halides is 2. The number of hydrogen-bond donors (Lipinski definition) is 1. The second kappa shape index (κ2) is 12.8. The lowest BCUT2D eigenvalue weighted by molar-refractivity contribution is -0.125. The smallest absolute Gasteiger partial charge is 0.258 e. The maximum Gasteiger partial charge on any atom is 0.258 e. The van der Waals surface area contributed by atoms with Crippen molar-refractivity contribution in [2.75, 3.05) is 48.1 Å². The first-order chi connectivity index (χ1) is 24.8. The molecule has 270 valence electrons. The van der Waals surface area contributed by atoms with Gasteiger partial charge in [0.25, 0.3) is 11.8 Å². The van der Waals surface area contributed by atoms with Crippen LogP contribution in [0.4, 0.5) is 21.5 Å². The van der Waals surface area contributed by atoms with E-state index in [9.17, 15) is 28.7 Å². The number of anilines is 3. The van der Waals surface area contributed by atoms with Gasteiger partial charge in [-0.25, -0.2) is 9.29 Å². The normalized spacial score (nSPS) is 30.0. The van der Waals surface area contributed by atoms with Crippen LogP contribution in [0.25, 0.3) is 0 Å². The summed E-state index contributed by atoms with van der Waals surface area (Å²) in [4.78, 5) is 57.8. The molecule has 6 atom stereocenters. The summed E-state index contributed by atoms with van der Waals surface area (Å²) < 4.78 is 25.4. The summed E-state index contributed by atoms with van der Waals surface area (Å²) in [5.74, 6) is -6.86. The lowest BCUT2D eigenvalue weighted by Gasteiger charge is -2.51. The number of rotatable bonds is 5. The average Bonchev–Trinajstić information content (AvgIpc) is 3.49. The molecule has 0 aromatic heterocycles. The minimum Gasteiger partial charge on any atom is -0.503 e. The van der Waals surface area contributed by atoms with Crippen LogP contribution in [0.2, 0.25) is 0 Å². The topological polar surface area (TPSA) is 117 Å². The van der Waals surface area contributed by atoms with Crippen LogP contribution >= 0.6 is 55.1 Å². The molecule has 3 aromatic carbocycles. The highest BCUT2D eigenvalue weighted by atomic mass is 79.9. The van der Waals surface area contributed by atoms with E-state index in [1.807, 2.05) is 18.2 Å². The standard InChI is InChI=1S/C37H30Br2Cl2FN3O7/c1-51-26-16-24(29(38)30(39)31(26)46)28-22-10-11-23-27(33(48)44(32(23)47)20-8-6-19(7-9-20)43-12-14-52-15-13-43)25(22)17-36(40)34(49)45(35(50)37(28,36)41)21-4-2-18(42)3-5-21/h2-10,16,23,25,27-28,46H,11-15,17H2,1H3. The zero-order valence-electron chi connectivity index (χ0n) is 27.5. The Bertz CT molecular complexity index is 2080. The third-order valence-electron chi connectivity index (χ3n) is 11.1. The Morgan fingerprint density at radius 3 is 2.13 bits per heavy atom. The predicted octanol–water partition coefficient (Wildman–Crippen LogP) is 6.67. The number of hydrogen-bond acceptors (Lipinski definition) is 8. The number of halogens is 5. The van der Waals surface area contributed by atoms with Crippen molar-refractivity contribution in [2.45, 2.75) is 28.5 Å². The first kappa shape index (κ1) is 35.5. The molecule has 4 fully saturated rings. The second-order valence-corrected chi connectivity index (χ2v) is 16.4. The number of phenolic OH excluding ortho intramolecular Hbond substituents is 1. The van der Waals surface area contributed by atoms with E-state index in [1.54, 1.807) is 12.1 Å². The zero-order valence-corrected chi connectivity index (χ0v) is 32.1. The third kappa shape index (κ3) is 4.95. The van der Waals surface area contributed by atoms with E-state index in [4.69, 9.17) is 32.7 Å². The molecule has 3 aliphatic heterocycles. The molecule has 52 heavy (non-hydrogen) atoms. The molecule has 4 amide bonds. The highest BCUT2D eigenvalue weighted by Gasteiger charge is 2.77. The number of methoxy groups -OCH3 is 1. The molecule has 15 heteroatoms. The Kier molecular flexibility index (Phi) is 8.77. The summed E-state index contributed by atoms with van der Waals surface area (Å²) in [5, 5.41) is 10.8. The number of aromatic hydroxyl groups is 1. The summed E-state index contributed by atoms with van der Waals surface area (Å²) in [6.45, 7) is 2.67. The largest absolute Gasteiger partial charge is 0.503 e. The van der Waals surface area contributed by atoms with Crippen molar-refractivity contribution in [1.29, 1.82) is 0 Å². The minimum atomic E-state index is -2.17. The third-order valence-corrected chi connectivity index (χ3v) is 14.7. The minimum absolute atomic E-state index is 0.0490. The maximum atomic E-state index is 14.7. The van der Waals surface area contributed by atoms with E-state index >= 15 is 0 Å². The van der Waals surface area contributed by atoms with Gasteiger partial charge < -0.3 is 19.5 Å². The van der Waals surface area contributed by atoms with E-state index in [-0.39, 0.29) is 40.4 Å². The van der Waals surface area contributed by atoms with Crippen molar-refractivity contribution in [3.8, 4) is 11.5 Å². The van der Waals surface area contributed by atoms with Crippen molar-refractivity contribution in [2.24, 2.45) is 17.8 Å². The number of amides is 4. The van der Waals surface area contributed by atoms with Gasteiger partial charge in [-0.1, -0.05) is 11.6 Å². The molecular formula is C37H30Br2Cl2FN3O7.